The van der Waals surface area contributed by atoms with Crippen molar-refractivity contribution in [3.63, 3.8) is 0 Å². The van der Waals surface area contributed by atoms with Crippen LogP contribution < -0.4 is 0 Å². The highest BCUT2D eigenvalue weighted by molar-refractivity contribution is 7.86. The summed E-state index contributed by atoms with van der Waals surface area (Å²) in [5, 5.41) is 0. The van der Waals surface area contributed by atoms with Gasteiger partial charge in [0.1, 0.15) is 0 Å². The highest BCUT2D eigenvalue weighted by Crippen LogP contribution is 2.27. The third-order valence-corrected chi connectivity index (χ3v) is 12.9. The van der Waals surface area contributed by atoms with E-state index in [0.717, 1.165) is 30.3 Å². The van der Waals surface area contributed by atoms with E-state index < -0.39 is 65.3 Å². The molecule has 5 aromatic carbocycles. The highest BCUT2D eigenvalue weighted by Gasteiger charge is 2.20. The summed E-state index contributed by atoms with van der Waals surface area (Å²) in [6, 6.07) is 19.7. The van der Waals surface area contributed by atoms with Crippen LogP contribution in [0, 0.1) is 6.92 Å². The average molecular weight is 881 g/mol. The van der Waals surface area contributed by atoms with Gasteiger partial charge in [-0.15, -0.1) is 0 Å². The maximum absolute atomic E-state index is 12.4. The van der Waals surface area contributed by atoms with E-state index in [-0.39, 0.29) is 57.7 Å². The molecule has 304 valence electrons. The summed E-state index contributed by atoms with van der Waals surface area (Å²) < 4.78 is 171. The number of benzene rings is 5. The molecular formula is C37H36O15S5. The fourth-order valence-corrected chi connectivity index (χ4v) is 9.48. The van der Waals surface area contributed by atoms with Crippen LogP contribution >= 0.6 is 0 Å². The Balaban J connectivity index is 1.56. The van der Waals surface area contributed by atoms with Crippen LogP contribution in [0.3, 0.4) is 0 Å². The van der Waals surface area contributed by atoms with Gasteiger partial charge in [0.2, 0.25) is 0 Å². The molecule has 15 nitrogen and oxygen atoms in total. The van der Waals surface area contributed by atoms with Crippen molar-refractivity contribution in [2.24, 2.45) is 0 Å². The lowest BCUT2D eigenvalue weighted by Crippen LogP contribution is -2.06. The predicted molar refractivity (Wildman–Crippen MR) is 207 cm³/mol. The van der Waals surface area contributed by atoms with Gasteiger partial charge in [-0.2, -0.15) is 42.1 Å². The first-order chi connectivity index (χ1) is 26.1. The van der Waals surface area contributed by atoms with Crippen LogP contribution in [-0.2, 0) is 82.7 Å². The first kappa shape index (κ1) is 43.8. The second-order valence-corrected chi connectivity index (χ2v) is 20.6. The molecule has 0 atom stereocenters. The summed E-state index contributed by atoms with van der Waals surface area (Å²) in [5.41, 5.74) is 3.35. The van der Waals surface area contributed by atoms with Crippen LogP contribution in [0.1, 0.15) is 62.6 Å². The monoisotopic (exact) mass is 880 g/mol. The van der Waals surface area contributed by atoms with E-state index in [0.29, 0.717) is 39.8 Å². The van der Waals surface area contributed by atoms with Crippen molar-refractivity contribution in [3.05, 3.63) is 147 Å². The number of hydrogen-bond acceptors (Lipinski definition) is 10. The molecule has 0 aromatic heterocycles. The van der Waals surface area contributed by atoms with Gasteiger partial charge in [0, 0.05) is 0 Å². The van der Waals surface area contributed by atoms with Crippen molar-refractivity contribution < 1.29 is 64.9 Å². The molecule has 5 aromatic rings. The first-order valence-electron chi connectivity index (χ1n) is 16.6. The molecular weight excluding hydrogens is 845 g/mol. The lowest BCUT2D eigenvalue weighted by molar-refractivity contribution is 0.480. The SMILES string of the molecule is CCc1cc(Cc2cc(Cc3cc(Cc4cc(Cc5cc(C)cc(S(=O)(=O)O)c5)cc(S(=O)(=O)O)c4)cc(S(=O)(=O)O)c3)cc(S(=O)(=O)O)c2)cc(S(=O)(=O)O)c1. The Bertz CT molecular complexity index is 2980. The zero-order valence-electron chi connectivity index (χ0n) is 30.1. The fourth-order valence-electron chi connectivity index (χ4n) is 6.45. The maximum atomic E-state index is 12.4. The summed E-state index contributed by atoms with van der Waals surface area (Å²) in [5.74, 6) is 0. The molecule has 20 heteroatoms. The molecule has 0 saturated heterocycles. The zero-order valence-corrected chi connectivity index (χ0v) is 34.1. The minimum absolute atomic E-state index is 0.0465. The normalized spacial score (nSPS) is 12.8. The highest BCUT2D eigenvalue weighted by atomic mass is 32.2. The molecule has 0 bridgehead atoms. The largest absolute Gasteiger partial charge is 0.294 e. The van der Waals surface area contributed by atoms with Gasteiger partial charge >= 0.3 is 0 Å². The second kappa shape index (κ2) is 16.1. The van der Waals surface area contributed by atoms with Crippen LogP contribution in [-0.4, -0.2) is 64.9 Å². The van der Waals surface area contributed by atoms with Gasteiger partial charge in [-0.3, -0.25) is 22.8 Å². The Labute approximate surface area is 330 Å². The van der Waals surface area contributed by atoms with Gasteiger partial charge in [0.15, 0.2) is 0 Å². The molecule has 57 heavy (non-hydrogen) atoms. The fraction of sp³-hybridized carbons (Fsp3) is 0.189. The van der Waals surface area contributed by atoms with Crippen molar-refractivity contribution in [2.45, 2.75) is 70.4 Å². The van der Waals surface area contributed by atoms with Crippen LogP contribution in [0.2, 0.25) is 0 Å². The molecule has 0 aliphatic rings. The molecule has 5 rings (SSSR count). The van der Waals surface area contributed by atoms with E-state index in [2.05, 4.69) is 0 Å². The van der Waals surface area contributed by atoms with Gasteiger partial charge in [-0.1, -0.05) is 37.3 Å². The summed E-state index contributed by atoms with van der Waals surface area (Å²) in [7, 11) is -23.6. The van der Waals surface area contributed by atoms with Gasteiger partial charge in [0.05, 0.1) is 24.5 Å². The zero-order chi connectivity index (χ0) is 42.3. The van der Waals surface area contributed by atoms with Crippen LogP contribution in [0.15, 0.2) is 115 Å². The van der Waals surface area contributed by atoms with Crippen molar-refractivity contribution in [1.29, 1.82) is 0 Å². The third-order valence-electron chi connectivity index (χ3n) is 8.75. The Hall–Kier alpha value is -4.35. The summed E-state index contributed by atoms with van der Waals surface area (Å²) >= 11 is 0. The van der Waals surface area contributed by atoms with Crippen molar-refractivity contribution >= 4 is 50.6 Å². The first-order valence-corrected chi connectivity index (χ1v) is 23.8. The molecule has 0 aliphatic carbocycles. The van der Waals surface area contributed by atoms with E-state index in [9.17, 15) is 64.9 Å². The van der Waals surface area contributed by atoms with E-state index in [1.54, 1.807) is 32.0 Å². The summed E-state index contributed by atoms with van der Waals surface area (Å²) in [6.07, 6.45) is -0.0296. The minimum atomic E-state index is -4.85. The molecule has 5 N–H and O–H groups in total. The minimum Gasteiger partial charge on any atom is -0.282 e. The summed E-state index contributed by atoms with van der Waals surface area (Å²) in [6.45, 7) is 3.35. The maximum Gasteiger partial charge on any atom is 0.294 e. The molecule has 0 radical (unpaired) electrons. The smallest absolute Gasteiger partial charge is 0.282 e. The molecule has 0 amide bonds. The number of aryl methyl sites for hydroxylation is 2. The van der Waals surface area contributed by atoms with E-state index >= 15 is 0 Å². The number of hydrogen-bond donors (Lipinski definition) is 5. The van der Waals surface area contributed by atoms with Crippen molar-refractivity contribution in [1.82, 2.24) is 0 Å². The molecule has 0 unspecified atom stereocenters. The lowest BCUT2D eigenvalue weighted by atomic mass is 9.95. The molecule has 0 heterocycles. The second-order valence-electron chi connectivity index (χ2n) is 13.5. The molecule has 0 saturated carbocycles. The van der Waals surface area contributed by atoms with E-state index in [1.807, 2.05) is 0 Å². The van der Waals surface area contributed by atoms with E-state index in [4.69, 9.17) is 0 Å². The van der Waals surface area contributed by atoms with Gasteiger partial charge in [-0.05, 0) is 155 Å². The van der Waals surface area contributed by atoms with Crippen LogP contribution in [0.5, 0.6) is 0 Å². The molecule has 0 spiro atoms. The van der Waals surface area contributed by atoms with Crippen LogP contribution in [0.25, 0.3) is 0 Å². The summed E-state index contributed by atoms with van der Waals surface area (Å²) in [4.78, 5) is -2.35. The molecule has 0 aliphatic heterocycles. The Morgan fingerprint density at radius 1 is 0.316 bits per heavy atom. The van der Waals surface area contributed by atoms with Gasteiger partial charge in [0.25, 0.3) is 50.6 Å². The van der Waals surface area contributed by atoms with Gasteiger partial charge in [-0.25, -0.2) is 0 Å². The standard InChI is InChI=1S/C37H36O15S5/c1-3-24-6-26(16-34(14-24)54(41,42)43)8-28-10-30(20-36(18-28)56(47,48)49)12-32-13-31(21-37(22-32)57(50,51)52)11-29-9-27(17-35(19-29)55(44,45)46)7-25-4-23(2)5-33(15-25)53(38,39)40/h4-6,9-10,13-22H,3,7-8,11-12H2,1-2H3,(H,38,39,40)(H,41,42,43)(H,44,45,46)(H,47,48,49)(H,50,51,52). The lowest BCUT2D eigenvalue weighted by Gasteiger charge is -2.13. The van der Waals surface area contributed by atoms with Crippen molar-refractivity contribution in [3.8, 4) is 0 Å². The average Bonchev–Trinajstić information content (AvgIpc) is 3.05. The van der Waals surface area contributed by atoms with Gasteiger partial charge < -0.3 is 0 Å². The third kappa shape index (κ3) is 11.9. The number of rotatable bonds is 14. The van der Waals surface area contributed by atoms with E-state index in [1.165, 1.54) is 42.5 Å². The topological polar surface area (TPSA) is 272 Å². The Kier molecular flexibility index (Phi) is 12.4. The molecule has 0 fully saturated rings. The van der Waals surface area contributed by atoms with Crippen LogP contribution in [0.4, 0.5) is 0 Å². The quantitative estimate of drug-likeness (QED) is 0.0902. The Morgan fingerprint density at radius 2 is 0.509 bits per heavy atom. The Morgan fingerprint density at radius 3 is 0.737 bits per heavy atom. The predicted octanol–water partition coefficient (Wildman–Crippen LogP) is 5.15. The van der Waals surface area contributed by atoms with Crippen molar-refractivity contribution in [2.75, 3.05) is 0 Å².